The van der Waals surface area contributed by atoms with Gasteiger partial charge in [-0.2, -0.15) is 5.21 Å². The minimum Gasteiger partial charge on any atom is -0.460 e. The average molecular weight is 510 g/mol. The van der Waals surface area contributed by atoms with Gasteiger partial charge in [-0.15, -0.1) is 10.2 Å². The van der Waals surface area contributed by atoms with Gasteiger partial charge < -0.3 is 9.30 Å². The first-order valence-electron chi connectivity index (χ1n) is 13.4. The van der Waals surface area contributed by atoms with E-state index in [0.717, 1.165) is 53.6 Å². The lowest BCUT2D eigenvalue weighted by Gasteiger charge is -2.29. The number of ether oxygens (including phenoxy) is 1. The first kappa shape index (κ1) is 25.6. The van der Waals surface area contributed by atoms with Crippen LogP contribution in [0.1, 0.15) is 76.4 Å². The number of allylic oxidation sites excluding steroid dienone is 1. The van der Waals surface area contributed by atoms with Crippen LogP contribution < -0.4 is 0 Å². The molecule has 1 N–H and O–H groups in total. The van der Waals surface area contributed by atoms with E-state index < -0.39 is 5.60 Å². The number of aromatic nitrogens is 5. The van der Waals surface area contributed by atoms with Crippen molar-refractivity contribution in [3.05, 3.63) is 83.7 Å². The molecule has 0 radical (unpaired) electrons. The second-order valence-electron chi connectivity index (χ2n) is 10.8. The molecule has 3 heterocycles. The smallest absolute Gasteiger partial charge is 0.310 e. The fourth-order valence-electron chi connectivity index (χ4n) is 5.22. The Hall–Kier alpha value is -4.00. The maximum Gasteiger partial charge on any atom is 0.310 e. The standard InChI is InChI=1S/C31H35N5O2/c1-5-6-9-24-17-19-28-23(20-29(37)38-31(2,3)4)16-18-27(36(24)28)22-14-12-21(13-15-22)25-10-7-8-11-26(25)30-32-34-35-33-30/h7-8,10-17,19,27H,5-6,9,18,20H2,1-4H3,(H,32,33,34,35). The number of fused-ring (bicyclic) bond motifs is 1. The SMILES string of the molecule is CCCCc1ccc2n1C(c1ccc(-c3ccccc3-c3nn[nH]n3)cc1)CC=C2CC(=O)OC(C)(C)C. The Morgan fingerprint density at radius 1 is 1.05 bits per heavy atom. The van der Waals surface area contributed by atoms with Gasteiger partial charge in [-0.3, -0.25) is 4.79 Å². The minimum atomic E-state index is -0.493. The largest absolute Gasteiger partial charge is 0.460 e. The van der Waals surface area contributed by atoms with Gasteiger partial charge in [0.25, 0.3) is 0 Å². The molecule has 0 spiro atoms. The van der Waals surface area contributed by atoms with Crippen LogP contribution in [0.3, 0.4) is 0 Å². The first-order chi connectivity index (χ1) is 18.3. The van der Waals surface area contributed by atoms with Gasteiger partial charge in [-0.05, 0) is 79.6 Å². The number of carbonyl (C=O) groups excluding carboxylic acids is 1. The van der Waals surface area contributed by atoms with Crippen LogP contribution in [-0.4, -0.2) is 36.8 Å². The number of H-pyrrole nitrogens is 1. The minimum absolute atomic E-state index is 0.177. The molecule has 0 saturated heterocycles. The van der Waals surface area contributed by atoms with E-state index >= 15 is 0 Å². The monoisotopic (exact) mass is 509 g/mol. The van der Waals surface area contributed by atoms with Gasteiger partial charge in [0.05, 0.1) is 12.5 Å². The van der Waals surface area contributed by atoms with Crippen LogP contribution in [0.2, 0.25) is 0 Å². The molecule has 0 saturated carbocycles. The van der Waals surface area contributed by atoms with Crippen LogP contribution >= 0.6 is 0 Å². The Morgan fingerprint density at radius 2 is 1.82 bits per heavy atom. The number of nitrogens with zero attached hydrogens (tertiary/aromatic N) is 4. The number of nitrogens with one attached hydrogen (secondary N) is 1. The summed E-state index contributed by atoms with van der Waals surface area (Å²) in [5.41, 5.74) is 7.33. The zero-order valence-electron chi connectivity index (χ0n) is 22.6. The zero-order chi connectivity index (χ0) is 26.7. The average Bonchev–Trinajstić information content (AvgIpc) is 3.58. The fourth-order valence-corrected chi connectivity index (χ4v) is 5.22. The summed E-state index contributed by atoms with van der Waals surface area (Å²) in [5.74, 6) is 0.395. The normalized spacial score (nSPS) is 15.2. The van der Waals surface area contributed by atoms with Gasteiger partial charge in [0.2, 0.25) is 5.82 Å². The summed E-state index contributed by atoms with van der Waals surface area (Å²) in [4.78, 5) is 12.7. The summed E-state index contributed by atoms with van der Waals surface area (Å²) in [6.45, 7) is 7.94. The number of hydrogen-bond acceptors (Lipinski definition) is 5. The first-order valence-corrected chi connectivity index (χ1v) is 13.4. The number of aromatic amines is 1. The molecule has 7 nitrogen and oxygen atoms in total. The molecule has 2 aromatic heterocycles. The number of hydrogen-bond donors (Lipinski definition) is 1. The van der Waals surface area contributed by atoms with E-state index in [2.05, 4.69) is 80.7 Å². The van der Waals surface area contributed by atoms with E-state index in [4.69, 9.17) is 4.74 Å². The zero-order valence-corrected chi connectivity index (χ0v) is 22.6. The van der Waals surface area contributed by atoms with Gasteiger partial charge in [0.15, 0.2) is 0 Å². The molecule has 1 unspecified atom stereocenters. The van der Waals surface area contributed by atoms with Crippen LogP contribution in [0.4, 0.5) is 0 Å². The number of benzene rings is 2. The molecule has 0 bridgehead atoms. The third-order valence-electron chi connectivity index (χ3n) is 6.89. The summed E-state index contributed by atoms with van der Waals surface area (Å²) in [7, 11) is 0. The molecule has 196 valence electrons. The van der Waals surface area contributed by atoms with Crippen LogP contribution in [-0.2, 0) is 16.0 Å². The van der Waals surface area contributed by atoms with E-state index in [0.29, 0.717) is 5.82 Å². The Kier molecular flexibility index (Phi) is 7.27. The van der Waals surface area contributed by atoms with Crippen molar-refractivity contribution in [3.8, 4) is 22.5 Å². The van der Waals surface area contributed by atoms with Gasteiger partial charge in [0, 0.05) is 17.0 Å². The third kappa shape index (κ3) is 5.47. The fraction of sp³-hybridized carbons (Fsp3) is 0.355. The molecule has 1 aliphatic rings. The number of tetrazole rings is 1. The van der Waals surface area contributed by atoms with E-state index in [1.165, 1.54) is 11.3 Å². The van der Waals surface area contributed by atoms with Crippen LogP contribution in [0.15, 0.2) is 66.7 Å². The Morgan fingerprint density at radius 3 is 2.50 bits per heavy atom. The Labute approximate surface area is 223 Å². The van der Waals surface area contributed by atoms with Crippen molar-refractivity contribution in [2.75, 3.05) is 0 Å². The molecule has 4 aromatic rings. The molecule has 2 aromatic carbocycles. The van der Waals surface area contributed by atoms with E-state index in [1.807, 2.05) is 39.0 Å². The number of unbranched alkanes of at least 4 members (excludes halogenated alkanes) is 1. The van der Waals surface area contributed by atoms with Crippen LogP contribution in [0.5, 0.6) is 0 Å². The van der Waals surface area contributed by atoms with E-state index in [1.54, 1.807) is 0 Å². The van der Waals surface area contributed by atoms with Crippen molar-refractivity contribution in [1.82, 2.24) is 25.2 Å². The maximum absolute atomic E-state index is 12.7. The lowest BCUT2D eigenvalue weighted by atomic mass is 9.92. The molecule has 38 heavy (non-hydrogen) atoms. The van der Waals surface area contributed by atoms with Crippen molar-refractivity contribution in [2.45, 2.75) is 71.4 Å². The maximum atomic E-state index is 12.7. The van der Waals surface area contributed by atoms with Crippen molar-refractivity contribution < 1.29 is 9.53 Å². The molecular formula is C31H35N5O2. The summed E-state index contributed by atoms with van der Waals surface area (Å²) in [5, 5.41) is 14.6. The molecule has 0 fully saturated rings. The topological polar surface area (TPSA) is 85.7 Å². The second-order valence-corrected chi connectivity index (χ2v) is 10.8. The number of aryl methyl sites for hydroxylation is 1. The van der Waals surface area contributed by atoms with Crippen molar-refractivity contribution >= 4 is 11.5 Å². The van der Waals surface area contributed by atoms with Gasteiger partial charge in [-0.1, -0.05) is 68.0 Å². The van der Waals surface area contributed by atoms with Crippen molar-refractivity contribution in [2.24, 2.45) is 0 Å². The Bertz CT molecular complexity index is 1430. The number of rotatable bonds is 8. The van der Waals surface area contributed by atoms with E-state index in [9.17, 15) is 4.79 Å². The molecular weight excluding hydrogens is 474 g/mol. The third-order valence-corrected chi connectivity index (χ3v) is 6.89. The van der Waals surface area contributed by atoms with Crippen molar-refractivity contribution in [3.63, 3.8) is 0 Å². The van der Waals surface area contributed by atoms with Crippen molar-refractivity contribution in [1.29, 1.82) is 0 Å². The predicted molar refractivity (Wildman–Crippen MR) is 149 cm³/mol. The highest BCUT2D eigenvalue weighted by Gasteiger charge is 2.27. The summed E-state index contributed by atoms with van der Waals surface area (Å²) in [6.07, 6.45) is 6.62. The van der Waals surface area contributed by atoms with Gasteiger partial charge >= 0.3 is 5.97 Å². The molecule has 7 heteroatoms. The lowest BCUT2D eigenvalue weighted by molar-refractivity contribution is -0.153. The predicted octanol–water partition coefficient (Wildman–Crippen LogP) is 6.79. The lowest BCUT2D eigenvalue weighted by Crippen LogP contribution is -2.25. The van der Waals surface area contributed by atoms with E-state index in [-0.39, 0.29) is 18.4 Å². The highest BCUT2D eigenvalue weighted by Crippen LogP contribution is 2.38. The molecule has 1 atom stereocenters. The summed E-state index contributed by atoms with van der Waals surface area (Å²) >= 11 is 0. The highest BCUT2D eigenvalue weighted by atomic mass is 16.6. The van der Waals surface area contributed by atoms with Gasteiger partial charge in [0.1, 0.15) is 5.60 Å². The summed E-state index contributed by atoms with van der Waals surface area (Å²) in [6, 6.07) is 21.4. The molecule has 0 amide bonds. The molecule has 0 aliphatic carbocycles. The molecule has 1 aliphatic heterocycles. The highest BCUT2D eigenvalue weighted by molar-refractivity contribution is 5.85. The quantitative estimate of drug-likeness (QED) is 0.264. The van der Waals surface area contributed by atoms with Gasteiger partial charge in [-0.25, -0.2) is 0 Å². The summed E-state index contributed by atoms with van der Waals surface area (Å²) < 4.78 is 8.07. The number of carbonyl (C=O) groups is 1. The molecule has 5 rings (SSSR count). The Balaban J connectivity index is 1.45. The van der Waals surface area contributed by atoms with Crippen LogP contribution in [0.25, 0.3) is 28.1 Å². The van der Waals surface area contributed by atoms with Crippen LogP contribution in [0, 0.1) is 0 Å². The number of esters is 1. The second kappa shape index (κ2) is 10.8.